The smallest absolute Gasteiger partial charge is 0.326 e. The average molecular weight is 651 g/mol. The number of carboxylic acids is 2. The summed E-state index contributed by atoms with van der Waals surface area (Å²) >= 11 is 0. The van der Waals surface area contributed by atoms with E-state index in [1.54, 1.807) is 30.3 Å². The van der Waals surface area contributed by atoms with E-state index in [4.69, 9.17) is 22.3 Å². The van der Waals surface area contributed by atoms with Crippen LogP contribution >= 0.6 is 0 Å². The van der Waals surface area contributed by atoms with Gasteiger partial charge in [0.05, 0.1) is 25.3 Å². The Morgan fingerprint density at radius 3 is 1.54 bits per heavy atom. The van der Waals surface area contributed by atoms with E-state index >= 15 is 0 Å². The Labute approximate surface area is 262 Å². The molecule has 13 N–H and O–H groups in total. The Morgan fingerprint density at radius 1 is 0.609 bits per heavy atom. The maximum atomic E-state index is 13.0. The molecule has 0 saturated carbocycles. The van der Waals surface area contributed by atoms with Gasteiger partial charge in [-0.3, -0.25) is 38.4 Å². The van der Waals surface area contributed by atoms with Crippen molar-refractivity contribution in [1.82, 2.24) is 26.6 Å². The van der Waals surface area contributed by atoms with Crippen molar-refractivity contribution in [2.24, 2.45) is 17.2 Å². The number of benzene rings is 1. The fourth-order valence-corrected chi connectivity index (χ4v) is 3.78. The van der Waals surface area contributed by atoms with Crippen LogP contribution in [0.15, 0.2) is 30.3 Å². The minimum atomic E-state index is -1.67. The summed E-state index contributed by atoms with van der Waals surface area (Å²) in [7, 11) is 0. The highest BCUT2D eigenvalue weighted by Gasteiger charge is 2.31. The molecule has 0 radical (unpaired) electrons. The number of primary amides is 2. The highest BCUT2D eigenvalue weighted by molar-refractivity contribution is 5.98. The maximum Gasteiger partial charge on any atom is 0.326 e. The Balaban J connectivity index is 2.95. The van der Waals surface area contributed by atoms with Gasteiger partial charge in [0.25, 0.3) is 0 Å². The van der Waals surface area contributed by atoms with Gasteiger partial charge >= 0.3 is 11.9 Å². The third-order valence-electron chi connectivity index (χ3n) is 6.21. The Bertz CT molecular complexity index is 1320. The van der Waals surface area contributed by atoms with Gasteiger partial charge in [-0.15, -0.1) is 0 Å². The minimum Gasteiger partial charge on any atom is -0.481 e. The number of carbonyl (C=O) groups excluding carboxylic acids is 7. The van der Waals surface area contributed by atoms with E-state index < -0.39 is 109 Å². The zero-order valence-corrected chi connectivity index (χ0v) is 25.0. The number of carboxylic acid groups (broad SMARTS) is 2. The maximum absolute atomic E-state index is 13.0. The third-order valence-corrected chi connectivity index (χ3v) is 6.21. The van der Waals surface area contributed by atoms with E-state index in [-0.39, 0.29) is 6.42 Å². The predicted octanol–water partition coefficient (Wildman–Crippen LogP) is -4.67. The molecule has 0 aliphatic rings. The van der Waals surface area contributed by atoms with Crippen molar-refractivity contribution in [3.05, 3.63) is 35.9 Å². The highest BCUT2D eigenvalue weighted by atomic mass is 16.4. The monoisotopic (exact) mass is 650 g/mol. The molecule has 0 aliphatic heterocycles. The SMILES string of the molecule is C[C@H](NC(=O)[C@H](C)NC(=O)[C@H](CC(N)=O)NC(=O)[C@@H](N)CC(=O)O)C(=O)N[C@@H](Cc1ccccc1)C(=O)N[C@@H](CC(N)=O)C(=O)O. The largest absolute Gasteiger partial charge is 0.481 e. The molecule has 19 heteroatoms. The van der Waals surface area contributed by atoms with Crippen LogP contribution in [0.3, 0.4) is 0 Å². The predicted molar refractivity (Wildman–Crippen MR) is 157 cm³/mol. The molecule has 0 fully saturated rings. The van der Waals surface area contributed by atoms with Crippen LogP contribution in [-0.4, -0.2) is 99.8 Å². The minimum absolute atomic E-state index is 0.0997. The summed E-state index contributed by atoms with van der Waals surface area (Å²) in [6.07, 6.45) is -2.28. The molecule has 19 nitrogen and oxygen atoms in total. The first-order valence-corrected chi connectivity index (χ1v) is 13.7. The molecule has 0 spiro atoms. The summed E-state index contributed by atoms with van der Waals surface area (Å²) in [5, 5.41) is 29.4. The van der Waals surface area contributed by atoms with Gasteiger partial charge in [-0.05, 0) is 19.4 Å². The zero-order chi connectivity index (χ0) is 35.1. The van der Waals surface area contributed by atoms with E-state index in [9.17, 15) is 48.3 Å². The van der Waals surface area contributed by atoms with Crippen LogP contribution in [0.5, 0.6) is 0 Å². The second-order valence-corrected chi connectivity index (χ2v) is 10.2. The summed E-state index contributed by atoms with van der Waals surface area (Å²) < 4.78 is 0. The lowest BCUT2D eigenvalue weighted by molar-refractivity contribution is -0.143. The van der Waals surface area contributed by atoms with Crippen molar-refractivity contribution < 1.29 is 53.4 Å². The summed E-state index contributed by atoms with van der Waals surface area (Å²) in [6, 6.07) is -0.505. The Kier molecular flexibility index (Phi) is 15.3. The second kappa shape index (κ2) is 18.3. The Morgan fingerprint density at radius 2 is 1.04 bits per heavy atom. The second-order valence-electron chi connectivity index (χ2n) is 10.2. The summed E-state index contributed by atoms with van der Waals surface area (Å²) in [4.78, 5) is 109. The van der Waals surface area contributed by atoms with E-state index in [2.05, 4.69) is 26.6 Å². The van der Waals surface area contributed by atoms with Crippen molar-refractivity contribution in [3.63, 3.8) is 0 Å². The van der Waals surface area contributed by atoms with E-state index in [1.807, 2.05) is 0 Å². The van der Waals surface area contributed by atoms with Crippen LogP contribution in [-0.2, 0) is 49.6 Å². The number of nitrogens with two attached hydrogens (primary N) is 3. The lowest BCUT2D eigenvalue weighted by atomic mass is 10.0. The molecule has 0 aliphatic carbocycles. The fourth-order valence-electron chi connectivity index (χ4n) is 3.78. The van der Waals surface area contributed by atoms with Crippen molar-refractivity contribution in [3.8, 4) is 0 Å². The van der Waals surface area contributed by atoms with Gasteiger partial charge in [-0.2, -0.15) is 0 Å². The fraction of sp³-hybridized carbons (Fsp3) is 0.444. The van der Waals surface area contributed by atoms with Gasteiger partial charge in [-0.25, -0.2) is 4.79 Å². The van der Waals surface area contributed by atoms with Crippen molar-refractivity contribution >= 4 is 53.3 Å². The summed E-state index contributed by atoms with van der Waals surface area (Å²) in [6.45, 7) is 2.47. The van der Waals surface area contributed by atoms with Crippen molar-refractivity contribution in [2.45, 2.75) is 75.8 Å². The van der Waals surface area contributed by atoms with Crippen LogP contribution in [0, 0.1) is 0 Å². The highest BCUT2D eigenvalue weighted by Crippen LogP contribution is 2.06. The summed E-state index contributed by atoms with van der Waals surface area (Å²) in [5.74, 6) is -9.75. The third kappa shape index (κ3) is 13.8. The number of hydrogen-bond acceptors (Lipinski definition) is 10. The zero-order valence-electron chi connectivity index (χ0n) is 25.0. The van der Waals surface area contributed by atoms with Gasteiger partial charge in [0.1, 0.15) is 30.2 Å². The molecule has 0 bridgehead atoms. The van der Waals surface area contributed by atoms with Crippen LogP contribution < -0.4 is 43.8 Å². The normalized spacial score (nSPS) is 14.5. The molecule has 46 heavy (non-hydrogen) atoms. The molecule has 1 rings (SSSR count). The van der Waals surface area contributed by atoms with E-state index in [0.29, 0.717) is 5.56 Å². The standard InChI is InChI=1S/C27H38N8O11/c1-12(32-25(43)17(10-19(29)36)34-24(42)15(28)9-21(38)39)22(40)31-13(2)23(41)33-16(8-14-6-4-3-5-7-14)26(44)35-18(27(45)46)11-20(30)37/h3-7,12-13,15-18H,8-11,28H2,1-2H3,(H2,29,36)(H2,30,37)(H,31,40)(H,32,43)(H,33,41)(H,34,42)(H,35,44)(H,38,39)(H,45,46)/t12-,13-,15-,16-,17-,18-/m0/s1. The topological polar surface area (TPSA) is 332 Å². The molecule has 1 aromatic rings. The summed E-state index contributed by atoms with van der Waals surface area (Å²) in [5.41, 5.74) is 16.2. The first-order chi connectivity index (χ1) is 21.4. The van der Waals surface area contributed by atoms with Crippen LogP contribution in [0.1, 0.15) is 38.7 Å². The molecular weight excluding hydrogens is 612 g/mol. The quantitative estimate of drug-likeness (QED) is 0.0675. The number of nitrogens with one attached hydrogen (secondary N) is 5. The molecule has 252 valence electrons. The van der Waals surface area contributed by atoms with Gasteiger partial charge in [0.15, 0.2) is 0 Å². The van der Waals surface area contributed by atoms with Crippen molar-refractivity contribution in [1.29, 1.82) is 0 Å². The van der Waals surface area contributed by atoms with Gasteiger partial charge in [0, 0.05) is 6.42 Å². The molecule has 0 heterocycles. The van der Waals surface area contributed by atoms with Gasteiger partial charge in [0.2, 0.25) is 41.4 Å². The van der Waals surface area contributed by atoms with Gasteiger partial charge in [-0.1, -0.05) is 30.3 Å². The first-order valence-electron chi connectivity index (χ1n) is 13.7. The molecule has 6 atom stereocenters. The molecule has 0 saturated heterocycles. The number of carbonyl (C=O) groups is 9. The lowest BCUT2D eigenvalue weighted by Crippen LogP contribution is -2.58. The van der Waals surface area contributed by atoms with E-state index in [1.165, 1.54) is 13.8 Å². The molecule has 1 aromatic carbocycles. The van der Waals surface area contributed by atoms with Crippen LogP contribution in [0.4, 0.5) is 0 Å². The molecular formula is C27H38N8O11. The number of amides is 7. The van der Waals surface area contributed by atoms with Crippen LogP contribution in [0.2, 0.25) is 0 Å². The average Bonchev–Trinajstić information content (AvgIpc) is 2.95. The number of aliphatic carboxylic acids is 2. The lowest BCUT2D eigenvalue weighted by Gasteiger charge is -2.24. The Hall–Kier alpha value is -5.59. The van der Waals surface area contributed by atoms with Crippen molar-refractivity contribution in [2.75, 3.05) is 0 Å². The van der Waals surface area contributed by atoms with Crippen LogP contribution in [0.25, 0.3) is 0 Å². The number of hydrogen-bond donors (Lipinski definition) is 10. The first kappa shape index (κ1) is 38.4. The van der Waals surface area contributed by atoms with E-state index in [0.717, 1.165) is 0 Å². The molecule has 0 unspecified atom stereocenters. The molecule has 7 amide bonds. The number of rotatable bonds is 19. The molecule has 0 aromatic heterocycles. The van der Waals surface area contributed by atoms with Gasteiger partial charge < -0.3 is 54.0 Å².